The minimum atomic E-state index is 0.0779. The highest BCUT2D eigenvalue weighted by atomic mass is 16.3. The van der Waals surface area contributed by atoms with Crippen molar-refractivity contribution >= 4 is 65.7 Å². The first-order valence-corrected chi connectivity index (χ1v) is 17.2. The maximum atomic E-state index is 6.63. The van der Waals surface area contributed by atoms with Gasteiger partial charge in [-0.15, -0.1) is 0 Å². The zero-order chi connectivity index (χ0) is 33.5. The molecular weight excluding hydrogens is 629 g/mol. The number of benzene rings is 6. The molecule has 6 heteroatoms. The van der Waals surface area contributed by atoms with E-state index in [1.54, 1.807) is 0 Å². The molecule has 10 aromatic rings. The van der Waals surface area contributed by atoms with Gasteiger partial charge < -0.3 is 13.4 Å². The lowest BCUT2D eigenvalue weighted by atomic mass is 9.99. The van der Waals surface area contributed by atoms with Crippen molar-refractivity contribution in [3.8, 4) is 28.5 Å². The van der Waals surface area contributed by atoms with Crippen molar-refractivity contribution in [1.82, 2.24) is 19.5 Å². The molecule has 11 rings (SSSR count). The van der Waals surface area contributed by atoms with Gasteiger partial charge in [0, 0.05) is 55.7 Å². The molecule has 0 radical (unpaired) electrons. The van der Waals surface area contributed by atoms with Crippen molar-refractivity contribution in [1.29, 1.82) is 0 Å². The number of fused-ring (bicyclic) bond motifs is 10. The number of furan rings is 2. The van der Waals surface area contributed by atoms with E-state index in [9.17, 15) is 0 Å². The molecule has 240 valence electrons. The van der Waals surface area contributed by atoms with Crippen LogP contribution < -0.4 is 0 Å². The summed E-state index contributed by atoms with van der Waals surface area (Å²) in [6.07, 6.45) is 9.31. The largest absolute Gasteiger partial charge is 0.456 e. The number of nitrogens with zero attached hydrogens (tertiary/aromatic N) is 4. The lowest BCUT2D eigenvalue weighted by Crippen LogP contribution is -2.07. The molecule has 1 aliphatic rings. The van der Waals surface area contributed by atoms with Gasteiger partial charge in [-0.3, -0.25) is 0 Å². The zero-order valence-electron chi connectivity index (χ0n) is 27.3. The fourth-order valence-electron chi connectivity index (χ4n) is 7.82. The van der Waals surface area contributed by atoms with Crippen molar-refractivity contribution in [3.05, 3.63) is 158 Å². The summed E-state index contributed by atoms with van der Waals surface area (Å²) in [5, 5.41) is 6.49. The summed E-state index contributed by atoms with van der Waals surface area (Å²) >= 11 is 0. The SMILES string of the molecule is C1=CCC(c2nc(-c3ccccc3)nc(-c3cccc4oc5cc(-n6c7ccccc7c7c8oc9ccccc9c8ccc76)ccc5c34)n2)C=C1. The lowest BCUT2D eigenvalue weighted by Gasteiger charge is -2.14. The van der Waals surface area contributed by atoms with Crippen LogP contribution in [0.4, 0.5) is 0 Å². The summed E-state index contributed by atoms with van der Waals surface area (Å²) in [4.78, 5) is 15.1. The molecular formula is C45H28N4O2. The van der Waals surface area contributed by atoms with Crippen molar-refractivity contribution in [3.63, 3.8) is 0 Å². The summed E-state index contributed by atoms with van der Waals surface area (Å²) in [7, 11) is 0. The van der Waals surface area contributed by atoms with Crippen LogP contribution in [0, 0.1) is 0 Å². The molecule has 4 aromatic heterocycles. The number of rotatable bonds is 4. The fraction of sp³-hybridized carbons (Fsp3) is 0.0444. The molecule has 51 heavy (non-hydrogen) atoms. The Labute approximate surface area is 291 Å². The van der Waals surface area contributed by atoms with Gasteiger partial charge in [-0.1, -0.05) is 103 Å². The first kappa shape index (κ1) is 28.1. The highest BCUT2D eigenvalue weighted by Gasteiger charge is 2.22. The van der Waals surface area contributed by atoms with Crippen LogP contribution in [0.5, 0.6) is 0 Å². The Morgan fingerprint density at radius 1 is 0.549 bits per heavy atom. The van der Waals surface area contributed by atoms with Gasteiger partial charge in [-0.2, -0.15) is 0 Å². The molecule has 6 aromatic carbocycles. The number of para-hydroxylation sites is 2. The third-order valence-corrected chi connectivity index (χ3v) is 10.2. The smallest absolute Gasteiger partial charge is 0.164 e. The van der Waals surface area contributed by atoms with Gasteiger partial charge >= 0.3 is 0 Å². The molecule has 6 nitrogen and oxygen atoms in total. The average Bonchev–Trinajstić information content (AvgIpc) is 3.87. The van der Waals surface area contributed by atoms with Crippen LogP contribution in [0.2, 0.25) is 0 Å². The third kappa shape index (κ3) is 4.26. The minimum absolute atomic E-state index is 0.0779. The monoisotopic (exact) mass is 656 g/mol. The van der Waals surface area contributed by atoms with E-state index in [-0.39, 0.29) is 5.92 Å². The second-order valence-corrected chi connectivity index (χ2v) is 13.1. The van der Waals surface area contributed by atoms with E-state index in [1.807, 2.05) is 54.6 Å². The molecule has 0 bridgehead atoms. The van der Waals surface area contributed by atoms with E-state index < -0.39 is 0 Å². The average molecular weight is 657 g/mol. The molecule has 0 N–H and O–H groups in total. The fourth-order valence-corrected chi connectivity index (χ4v) is 7.82. The maximum Gasteiger partial charge on any atom is 0.164 e. The second kappa shape index (κ2) is 10.9. The van der Waals surface area contributed by atoms with Crippen LogP contribution in [-0.2, 0) is 0 Å². The van der Waals surface area contributed by atoms with Crippen molar-refractivity contribution in [2.75, 3.05) is 0 Å². The summed E-state index contributed by atoms with van der Waals surface area (Å²) in [6, 6.07) is 43.9. The van der Waals surface area contributed by atoms with E-state index in [2.05, 4.69) is 102 Å². The van der Waals surface area contributed by atoms with Crippen LogP contribution in [-0.4, -0.2) is 19.5 Å². The highest BCUT2D eigenvalue weighted by molar-refractivity contribution is 6.24. The Bertz CT molecular complexity index is 3070. The van der Waals surface area contributed by atoms with Gasteiger partial charge in [0.1, 0.15) is 28.2 Å². The molecule has 4 heterocycles. The van der Waals surface area contributed by atoms with E-state index in [0.29, 0.717) is 11.6 Å². The number of aromatic nitrogens is 4. The van der Waals surface area contributed by atoms with E-state index >= 15 is 0 Å². The van der Waals surface area contributed by atoms with Crippen molar-refractivity contribution in [2.45, 2.75) is 12.3 Å². The Morgan fingerprint density at radius 2 is 1.35 bits per heavy atom. The van der Waals surface area contributed by atoms with Crippen molar-refractivity contribution < 1.29 is 8.83 Å². The predicted octanol–water partition coefficient (Wildman–Crippen LogP) is 11.7. The molecule has 1 aliphatic carbocycles. The summed E-state index contributed by atoms with van der Waals surface area (Å²) in [5.74, 6) is 2.14. The molecule has 0 spiro atoms. The standard InChI is InChI=1S/C45H28N4O2/c1-3-12-27(13-4-1)43-46-44(28-14-5-2-6-15-28)48-45(47-43)34-18-11-21-38-40(34)33-23-22-29(26-39(33)50-38)49-35-19-9-7-17-32(35)41-36(49)25-24-31-30-16-8-10-20-37(30)51-42(31)41/h1-14,16-26,28H,15H2. The molecule has 0 saturated carbocycles. The first-order valence-electron chi connectivity index (χ1n) is 17.2. The molecule has 0 amide bonds. The highest BCUT2D eigenvalue weighted by Crippen LogP contribution is 2.42. The quantitative estimate of drug-likeness (QED) is 0.189. The lowest BCUT2D eigenvalue weighted by molar-refractivity contribution is 0.668. The number of allylic oxidation sites excluding steroid dienone is 4. The van der Waals surface area contributed by atoms with Gasteiger partial charge in [0.25, 0.3) is 0 Å². The van der Waals surface area contributed by atoms with Gasteiger partial charge in [-0.05, 0) is 48.9 Å². The minimum Gasteiger partial charge on any atom is -0.456 e. The third-order valence-electron chi connectivity index (χ3n) is 10.2. The van der Waals surface area contributed by atoms with E-state index in [4.69, 9.17) is 23.8 Å². The number of hydrogen-bond donors (Lipinski definition) is 0. The summed E-state index contributed by atoms with van der Waals surface area (Å²) < 4.78 is 15.4. The van der Waals surface area contributed by atoms with Gasteiger partial charge in [0.15, 0.2) is 11.6 Å². The van der Waals surface area contributed by atoms with Crippen LogP contribution >= 0.6 is 0 Å². The van der Waals surface area contributed by atoms with Gasteiger partial charge in [0.05, 0.1) is 16.4 Å². The molecule has 0 saturated heterocycles. The zero-order valence-corrected chi connectivity index (χ0v) is 27.3. The maximum absolute atomic E-state index is 6.63. The topological polar surface area (TPSA) is 69.9 Å². The van der Waals surface area contributed by atoms with Crippen LogP contribution in [0.15, 0.2) is 161 Å². The Balaban J connectivity index is 1.11. The Hall–Kier alpha value is -6.79. The summed E-state index contributed by atoms with van der Waals surface area (Å²) in [5.41, 5.74) is 8.45. The van der Waals surface area contributed by atoms with E-state index in [0.717, 1.165) is 94.7 Å². The molecule has 1 unspecified atom stereocenters. The van der Waals surface area contributed by atoms with E-state index in [1.165, 1.54) is 0 Å². The van der Waals surface area contributed by atoms with Crippen molar-refractivity contribution in [2.24, 2.45) is 0 Å². The van der Waals surface area contributed by atoms with Gasteiger partial charge in [-0.25, -0.2) is 15.0 Å². The van der Waals surface area contributed by atoms with Crippen LogP contribution in [0.25, 0.3) is 94.1 Å². The van der Waals surface area contributed by atoms with Gasteiger partial charge in [0.2, 0.25) is 0 Å². The van der Waals surface area contributed by atoms with Crippen LogP contribution in [0.3, 0.4) is 0 Å². The normalized spacial score (nSPS) is 14.6. The molecule has 1 atom stereocenters. The second-order valence-electron chi connectivity index (χ2n) is 13.1. The molecule has 0 aliphatic heterocycles. The Kier molecular flexibility index (Phi) is 5.98. The Morgan fingerprint density at radius 3 is 2.25 bits per heavy atom. The number of hydrogen-bond acceptors (Lipinski definition) is 5. The van der Waals surface area contributed by atoms with Crippen LogP contribution in [0.1, 0.15) is 18.2 Å². The predicted molar refractivity (Wildman–Crippen MR) is 205 cm³/mol. The summed E-state index contributed by atoms with van der Waals surface area (Å²) in [6.45, 7) is 0. The molecule has 0 fully saturated rings. The first-order chi connectivity index (χ1) is 25.3.